The highest BCUT2D eigenvalue weighted by Crippen LogP contribution is 2.47. The number of hydrogen-bond donors (Lipinski definition) is 4. The molecule has 0 amide bonds. The fourth-order valence-corrected chi connectivity index (χ4v) is 4.27. The second-order valence-corrected chi connectivity index (χ2v) is 8.10. The summed E-state index contributed by atoms with van der Waals surface area (Å²) in [6.45, 7) is 2.54. The first-order valence-corrected chi connectivity index (χ1v) is 10.6. The largest absolute Gasteiger partial charge is 0.391 e. The van der Waals surface area contributed by atoms with Crippen LogP contribution in [0.4, 0.5) is 17.2 Å². The number of aromatic nitrogens is 2. The Bertz CT molecular complexity index is 962. The molecule has 2 atom stereocenters. The van der Waals surface area contributed by atoms with Crippen LogP contribution in [0.1, 0.15) is 24.3 Å². The summed E-state index contributed by atoms with van der Waals surface area (Å²) in [4.78, 5) is 10.2. The van der Waals surface area contributed by atoms with E-state index < -0.39 is 0 Å². The van der Waals surface area contributed by atoms with Gasteiger partial charge in [0.2, 0.25) is 0 Å². The first-order valence-electron chi connectivity index (χ1n) is 9.75. The summed E-state index contributed by atoms with van der Waals surface area (Å²) in [5.74, 6) is 0.841. The lowest BCUT2D eigenvalue weighted by Gasteiger charge is -2.11. The number of pyridine rings is 2. The van der Waals surface area contributed by atoms with E-state index in [1.54, 1.807) is 11.8 Å². The zero-order chi connectivity index (χ0) is 20.2. The van der Waals surface area contributed by atoms with E-state index in [0.717, 1.165) is 40.4 Å². The van der Waals surface area contributed by atoms with E-state index in [1.807, 2.05) is 50.6 Å². The second kappa shape index (κ2) is 8.71. The quantitative estimate of drug-likeness (QED) is 0.456. The topological polar surface area (TPSA) is 82.1 Å². The zero-order valence-electron chi connectivity index (χ0n) is 16.5. The van der Waals surface area contributed by atoms with Crippen LogP contribution in [0.3, 0.4) is 0 Å². The molecular weight excluding hydrogens is 382 g/mol. The van der Waals surface area contributed by atoms with Gasteiger partial charge in [-0.2, -0.15) is 0 Å². The third kappa shape index (κ3) is 4.46. The minimum atomic E-state index is -0.323. The van der Waals surface area contributed by atoms with Crippen molar-refractivity contribution in [1.82, 2.24) is 9.97 Å². The van der Waals surface area contributed by atoms with Crippen molar-refractivity contribution in [3.8, 4) is 11.3 Å². The molecule has 0 spiro atoms. The average Bonchev–Trinajstić information content (AvgIpc) is 3.21. The molecule has 1 aliphatic heterocycles. The lowest BCUT2D eigenvalue weighted by atomic mass is 10.1. The van der Waals surface area contributed by atoms with E-state index in [2.05, 4.69) is 44.1 Å². The van der Waals surface area contributed by atoms with Gasteiger partial charge in [-0.25, -0.2) is 4.98 Å². The third-order valence-electron chi connectivity index (χ3n) is 4.93. The van der Waals surface area contributed by atoms with E-state index in [1.165, 1.54) is 4.90 Å². The number of rotatable bonds is 7. The second-order valence-electron chi connectivity index (χ2n) is 6.96. The first kappa shape index (κ1) is 19.5. The van der Waals surface area contributed by atoms with Crippen LogP contribution in [0, 0.1) is 0 Å². The fraction of sp³-hybridized carbons (Fsp3) is 0.273. The lowest BCUT2D eigenvalue weighted by Crippen LogP contribution is -2.18. The first-order chi connectivity index (χ1) is 14.2. The van der Waals surface area contributed by atoms with Crippen LogP contribution in [-0.2, 0) is 0 Å². The number of anilines is 3. The molecule has 3 heterocycles. The molecule has 3 aromatic rings. The molecule has 0 saturated heterocycles. The van der Waals surface area contributed by atoms with Gasteiger partial charge < -0.3 is 21.1 Å². The molecule has 0 fully saturated rings. The van der Waals surface area contributed by atoms with Crippen LogP contribution in [0.15, 0.2) is 59.8 Å². The number of thioether (sulfide) groups is 1. The van der Waals surface area contributed by atoms with Gasteiger partial charge in [-0.05, 0) is 42.8 Å². The molecule has 4 rings (SSSR count). The normalized spacial score (nSPS) is 16.0. The minimum absolute atomic E-state index is 0.132. The predicted octanol–water partition coefficient (Wildman–Crippen LogP) is 4.58. The zero-order valence-corrected chi connectivity index (χ0v) is 17.3. The van der Waals surface area contributed by atoms with Crippen molar-refractivity contribution in [1.29, 1.82) is 0 Å². The Hall–Kier alpha value is -2.77. The van der Waals surface area contributed by atoms with Gasteiger partial charge in [-0.15, -0.1) is 0 Å². The molecule has 29 heavy (non-hydrogen) atoms. The number of fused-ring (bicyclic) bond motifs is 1. The number of aliphatic hydroxyl groups is 1. The Morgan fingerprint density at radius 2 is 2.03 bits per heavy atom. The number of nitrogens with zero attached hydrogens (tertiary/aromatic N) is 2. The maximum atomic E-state index is 9.74. The van der Waals surface area contributed by atoms with Gasteiger partial charge in [-0.3, -0.25) is 4.98 Å². The summed E-state index contributed by atoms with van der Waals surface area (Å²) in [5, 5.41) is 19.7. The van der Waals surface area contributed by atoms with Crippen molar-refractivity contribution >= 4 is 29.0 Å². The fourth-order valence-electron chi connectivity index (χ4n) is 3.10. The summed E-state index contributed by atoms with van der Waals surface area (Å²) >= 11 is 1.78. The maximum absolute atomic E-state index is 9.74. The minimum Gasteiger partial charge on any atom is -0.391 e. The third-order valence-corrected chi connectivity index (χ3v) is 6.15. The van der Waals surface area contributed by atoms with E-state index in [9.17, 15) is 5.11 Å². The molecule has 2 unspecified atom stereocenters. The van der Waals surface area contributed by atoms with Crippen molar-refractivity contribution < 1.29 is 5.11 Å². The number of hydrogen-bond acceptors (Lipinski definition) is 7. The molecule has 0 aliphatic carbocycles. The van der Waals surface area contributed by atoms with Crippen LogP contribution in [0.5, 0.6) is 0 Å². The highest BCUT2D eigenvalue weighted by atomic mass is 32.2. The Morgan fingerprint density at radius 3 is 2.72 bits per heavy atom. The molecule has 0 saturated carbocycles. The van der Waals surface area contributed by atoms with Gasteiger partial charge in [0, 0.05) is 53.4 Å². The Balaban J connectivity index is 1.43. The molecule has 0 bridgehead atoms. The summed E-state index contributed by atoms with van der Waals surface area (Å²) in [7, 11) is 1.85. The van der Waals surface area contributed by atoms with E-state index in [4.69, 9.17) is 0 Å². The molecular formula is C22H25N5OS. The van der Waals surface area contributed by atoms with Gasteiger partial charge in [0.15, 0.2) is 0 Å². The lowest BCUT2D eigenvalue weighted by molar-refractivity contribution is 0.183. The van der Waals surface area contributed by atoms with E-state index in [0.29, 0.717) is 6.54 Å². The maximum Gasteiger partial charge on any atom is 0.125 e. The Labute approximate surface area is 175 Å². The number of benzene rings is 1. The molecule has 0 radical (unpaired) electrons. The summed E-state index contributed by atoms with van der Waals surface area (Å²) in [6.07, 6.45) is 4.18. The number of aliphatic hydroxyl groups excluding tert-OH is 1. The van der Waals surface area contributed by atoms with Crippen molar-refractivity contribution in [3.63, 3.8) is 0 Å². The highest BCUT2D eigenvalue weighted by Gasteiger charge is 2.23. The standard InChI is InChI=1S/C22H25N5OS/c1-3-17(28)13-24-16-6-8-19-20(10-16)29-22(27-19)15-4-7-18(25-12-15)14-5-9-21(23-2)26-11-14/h4-12,17,22,24,27-28H,3,13H2,1-2H3,(H,23,26). The molecule has 1 aromatic carbocycles. The molecule has 1 aliphatic rings. The van der Waals surface area contributed by atoms with Crippen LogP contribution < -0.4 is 16.0 Å². The molecule has 2 aromatic heterocycles. The predicted molar refractivity (Wildman–Crippen MR) is 120 cm³/mol. The highest BCUT2D eigenvalue weighted by molar-refractivity contribution is 8.00. The van der Waals surface area contributed by atoms with Crippen molar-refractivity contribution in [3.05, 3.63) is 60.4 Å². The summed E-state index contributed by atoms with van der Waals surface area (Å²) in [5.41, 5.74) is 5.18. The van der Waals surface area contributed by atoms with E-state index >= 15 is 0 Å². The average molecular weight is 408 g/mol. The molecule has 4 N–H and O–H groups in total. The summed E-state index contributed by atoms with van der Waals surface area (Å²) < 4.78 is 0. The molecule has 7 heteroatoms. The van der Waals surface area contributed by atoms with Gasteiger partial charge in [0.25, 0.3) is 0 Å². The number of nitrogens with one attached hydrogen (secondary N) is 3. The Kier molecular flexibility index (Phi) is 5.87. The van der Waals surface area contributed by atoms with Gasteiger partial charge >= 0.3 is 0 Å². The molecule has 150 valence electrons. The van der Waals surface area contributed by atoms with Crippen LogP contribution in [-0.4, -0.2) is 34.8 Å². The van der Waals surface area contributed by atoms with Crippen molar-refractivity contribution in [2.24, 2.45) is 0 Å². The summed E-state index contributed by atoms with van der Waals surface area (Å²) in [6, 6.07) is 14.4. The van der Waals surface area contributed by atoms with Gasteiger partial charge in [0.05, 0.1) is 11.8 Å². The van der Waals surface area contributed by atoms with Gasteiger partial charge in [0.1, 0.15) is 11.2 Å². The van der Waals surface area contributed by atoms with Crippen LogP contribution >= 0.6 is 11.8 Å². The van der Waals surface area contributed by atoms with Crippen molar-refractivity contribution in [2.75, 3.05) is 29.5 Å². The monoisotopic (exact) mass is 407 g/mol. The van der Waals surface area contributed by atoms with Crippen molar-refractivity contribution in [2.45, 2.75) is 29.7 Å². The van der Waals surface area contributed by atoms with Crippen LogP contribution in [0.2, 0.25) is 0 Å². The molecule has 6 nitrogen and oxygen atoms in total. The van der Waals surface area contributed by atoms with Crippen LogP contribution in [0.25, 0.3) is 11.3 Å². The van der Waals surface area contributed by atoms with E-state index in [-0.39, 0.29) is 11.5 Å². The smallest absolute Gasteiger partial charge is 0.125 e. The van der Waals surface area contributed by atoms with Gasteiger partial charge in [-0.1, -0.05) is 24.8 Å². The Morgan fingerprint density at radius 1 is 1.14 bits per heavy atom. The SMILES string of the molecule is CCC(O)CNc1ccc2c(c1)SC(c1ccc(-c3ccc(NC)nc3)nc1)N2.